The minimum absolute atomic E-state index is 0.244. The Balaban J connectivity index is 2.42. The lowest BCUT2D eigenvalue weighted by atomic mass is 10.0. The Labute approximate surface area is 130 Å². The molecule has 1 aromatic carbocycles. The summed E-state index contributed by atoms with van der Waals surface area (Å²) in [5.74, 6) is 1.99. The van der Waals surface area contributed by atoms with E-state index < -0.39 is 0 Å². The number of hydrogen-bond acceptors (Lipinski definition) is 4. The van der Waals surface area contributed by atoms with Crippen molar-refractivity contribution >= 4 is 22.2 Å². The van der Waals surface area contributed by atoms with Crippen molar-refractivity contribution in [3.8, 4) is 0 Å². The molecule has 0 fully saturated rings. The van der Waals surface area contributed by atoms with Gasteiger partial charge in [0.15, 0.2) is 22.9 Å². The summed E-state index contributed by atoms with van der Waals surface area (Å²) >= 11 is 0. The first kappa shape index (κ1) is 14.8. The predicted octanol–water partition coefficient (Wildman–Crippen LogP) is 5.25. The van der Waals surface area contributed by atoms with Gasteiger partial charge in [-0.2, -0.15) is 0 Å². The molecule has 0 amide bonds. The minimum Gasteiger partial charge on any atom is -0.440 e. The molecule has 0 N–H and O–H groups in total. The van der Waals surface area contributed by atoms with E-state index in [1.54, 1.807) is 0 Å². The molecule has 0 aliphatic carbocycles. The maximum Gasteiger partial charge on any atom is 0.198 e. The number of aryl methyl sites for hydroxylation is 1. The summed E-state index contributed by atoms with van der Waals surface area (Å²) in [6, 6.07) is 0. The first-order chi connectivity index (χ1) is 10.4. The SMILES string of the molecule is C=CCc1c2nc(C(C)C)oc2c(C)c2nc(C(C)C)oc12. The van der Waals surface area contributed by atoms with Crippen LogP contribution < -0.4 is 0 Å². The van der Waals surface area contributed by atoms with E-state index in [1.807, 2.05) is 13.0 Å². The van der Waals surface area contributed by atoms with Crippen LogP contribution in [-0.4, -0.2) is 9.97 Å². The van der Waals surface area contributed by atoms with E-state index in [0.717, 1.165) is 45.1 Å². The highest BCUT2D eigenvalue weighted by Gasteiger charge is 2.23. The van der Waals surface area contributed by atoms with E-state index in [2.05, 4.69) is 39.3 Å². The smallest absolute Gasteiger partial charge is 0.198 e. The first-order valence-corrected chi connectivity index (χ1v) is 7.77. The third-order valence-corrected chi connectivity index (χ3v) is 3.88. The second-order valence-electron chi connectivity index (χ2n) is 6.37. The summed E-state index contributed by atoms with van der Waals surface area (Å²) in [6.45, 7) is 14.2. The van der Waals surface area contributed by atoms with E-state index in [0.29, 0.717) is 6.42 Å². The van der Waals surface area contributed by atoms with Crippen LogP contribution in [0.1, 0.15) is 62.4 Å². The van der Waals surface area contributed by atoms with E-state index in [-0.39, 0.29) is 11.8 Å². The molecular weight excluding hydrogens is 276 g/mol. The fourth-order valence-corrected chi connectivity index (χ4v) is 2.63. The van der Waals surface area contributed by atoms with Gasteiger partial charge in [0.25, 0.3) is 0 Å². The third kappa shape index (κ3) is 2.14. The molecule has 2 aromatic heterocycles. The van der Waals surface area contributed by atoms with Crippen molar-refractivity contribution in [2.24, 2.45) is 0 Å². The van der Waals surface area contributed by atoms with Gasteiger partial charge in [0.05, 0.1) is 0 Å². The summed E-state index contributed by atoms with van der Waals surface area (Å²) in [6.07, 6.45) is 2.55. The van der Waals surface area contributed by atoms with Crippen molar-refractivity contribution in [1.82, 2.24) is 9.97 Å². The molecule has 116 valence electrons. The van der Waals surface area contributed by atoms with E-state index in [9.17, 15) is 0 Å². The van der Waals surface area contributed by atoms with Crippen LogP contribution in [0.2, 0.25) is 0 Å². The largest absolute Gasteiger partial charge is 0.440 e. The number of oxazole rings is 2. The molecule has 3 aromatic rings. The lowest BCUT2D eigenvalue weighted by Crippen LogP contribution is -1.90. The monoisotopic (exact) mass is 298 g/mol. The van der Waals surface area contributed by atoms with Crippen molar-refractivity contribution in [2.45, 2.75) is 52.9 Å². The molecule has 4 nitrogen and oxygen atoms in total. The zero-order valence-corrected chi connectivity index (χ0v) is 13.9. The standard InChI is InChI=1S/C18H22N2O2/c1-7-8-12-14-15(21-18(20-14)10(4)5)11(6)13-16(12)22-17(19-13)9(2)3/h7,9-10H,1,8H2,2-6H3. The van der Waals surface area contributed by atoms with Crippen LogP contribution in [0, 0.1) is 6.92 Å². The van der Waals surface area contributed by atoms with Crippen molar-refractivity contribution in [3.05, 3.63) is 35.6 Å². The zero-order valence-electron chi connectivity index (χ0n) is 13.9. The molecule has 0 saturated carbocycles. The Morgan fingerprint density at radius 3 is 2.05 bits per heavy atom. The van der Waals surface area contributed by atoms with Gasteiger partial charge in [0.1, 0.15) is 11.0 Å². The normalized spacial score (nSPS) is 12.1. The van der Waals surface area contributed by atoms with Gasteiger partial charge in [-0.3, -0.25) is 0 Å². The van der Waals surface area contributed by atoms with Crippen LogP contribution in [0.5, 0.6) is 0 Å². The Kier molecular flexibility index (Phi) is 3.55. The van der Waals surface area contributed by atoms with Gasteiger partial charge in [-0.25, -0.2) is 9.97 Å². The summed E-state index contributed by atoms with van der Waals surface area (Å²) in [5.41, 5.74) is 5.39. The average Bonchev–Trinajstić information content (AvgIpc) is 3.08. The number of benzene rings is 1. The van der Waals surface area contributed by atoms with Crippen LogP contribution in [0.25, 0.3) is 22.2 Å². The van der Waals surface area contributed by atoms with Crippen molar-refractivity contribution < 1.29 is 8.83 Å². The molecule has 0 bridgehead atoms. The first-order valence-electron chi connectivity index (χ1n) is 7.77. The van der Waals surface area contributed by atoms with E-state index >= 15 is 0 Å². The van der Waals surface area contributed by atoms with Gasteiger partial charge in [0.2, 0.25) is 0 Å². The topological polar surface area (TPSA) is 52.1 Å². The number of aromatic nitrogens is 2. The molecule has 22 heavy (non-hydrogen) atoms. The van der Waals surface area contributed by atoms with Gasteiger partial charge in [-0.1, -0.05) is 33.8 Å². The fraction of sp³-hybridized carbons (Fsp3) is 0.444. The molecular formula is C18H22N2O2. The summed E-state index contributed by atoms with van der Waals surface area (Å²) in [4.78, 5) is 9.36. The van der Waals surface area contributed by atoms with Crippen molar-refractivity contribution in [1.29, 1.82) is 0 Å². The van der Waals surface area contributed by atoms with Crippen LogP contribution >= 0.6 is 0 Å². The Hall–Kier alpha value is -2.10. The number of fused-ring (bicyclic) bond motifs is 2. The van der Waals surface area contributed by atoms with Crippen LogP contribution in [0.15, 0.2) is 21.5 Å². The molecule has 0 spiro atoms. The highest BCUT2D eigenvalue weighted by atomic mass is 16.4. The lowest BCUT2D eigenvalue weighted by Gasteiger charge is -2.01. The lowest BCUT2D eigenvalue weighted by molar-refractivity contribution is 0.500. The predicted molar refractivity (Wildman–Crippen MR) is 88.4 cm³/mol. The summed E-state index contributed by atoms with van der Waals surface area (Å²) in [5, 5.41) is 0. The van der Waals surface area contributed by atoms with Gasteiger partial charge in [0, 0.05) is 23.0 Å². The molecule has 3 rings (SSSR count). The maximum atomic E-state index is 6.03. The highest BCUT2D eigenvalue weighted by Crippen LogP contribution is 2.35. The molecule has 2 heterocycles. The zero-order chi connectivity index (χ0) is 16.0. The summed E-state index contributed by atoms with van der Waals surface area (Å²) in [7, 11) is 0. The Morgan fingerprint density at radius 2 is 1.50 bits per heavy atom. The molecule has 0 unspecified atom stereocenters. The molecule has 0 aliphatic rings. The number of allylic oxidation sites excluding steroid dienone is 1. The van der Waals surface area contributed by atoms with Crippen LogP contribution in [0.4, 0.5) is 0 Å². The molecule has 4 heteroatoms. The Morgan fingerprint density at radius 1 is 0.955 bits per heavy atom. The van der Waals surface area contributed by atoms with Crippen LogP contribution in [-0.2, 0) is 6.42 Å². The number of hydrogen-bond donors (Lipinski definition) is 0. The van der Waals surface area contributed by atoms with Crippen molar-refractivity contribution in [2.75, 3.05) is 0 Å². The second-order valence-corrected chi connectivity index (χ2v) is 6.37. The van der Waals surface area contributed by atoms with Gasteiger partial charge >= 0.3 is 0 Å². The number of rotatable bonds is 4. The molecule has 0 atom stereocenters. The van der Waals surface area contributed by atoms with Gasteiger partial charge in [-0.05, 0) is 13.3 Å². The average molecular weight is 298 g/mol. The van der Waals surface area contributed by atoms with Crippen molar-refractivity contribution in [3.63, 3.8) is 0 Å². The highest BCUT2D eigenvalue weighted by molar-refractivity contribution is 5.97. The molecule has 0 aliphatic heterocycles. The minimum atomic E-state index is 0.244. The molecule has 0 radical (unpaired) electrons. The van der Waals surface area contributed by atoms with Crippen LogP contribution in [0.3, 0.4) is 0 Å². The van der Waals surface area contributed by atoms with Gasteiger partial charge in [-0.15, -0.1) is 6.58 Å². The van der Waals surface area contributed by atoms with E-state index in [4.69, 9.17) is 13.8 Å². The maximum absolute atomic E-state index is 6.03. The third-order valence-electron chi connectivity index (χ3n) is 3.88. The van der Waals surface area contributed by atoms with Gasteiger partial charge < -0.3 is 8.83 Å². The Bertz CT molecular complexity index is 789. The molecule has 0 saturated heterocycles. The fourth-order valence-electron chi connectivity index (χ4n) is 2.63. The summed E-state index contributed by atoms with van der Waals surface area (Å²) < 4.78 is 12.0. The number of nitrogens with zero attached hydrogens (tertiary/aromatic N) is 2. The van der Waals surface area contributed by atoms with E-state index in [1.165, 1.54) is 0 Å². The quantitative estimate of drug-likeness (QED) is 0.617. The second kappa shape index (κ2) is 5.27.